The van der Waals surface area contributed by atoms with Crippen LogP contribution in [0.1, 0.15) is 47.3 Å². The number of piperidine rings is 1. The van der Waals surface area contributed by atoms with Gasteiger partial charge < -0.3 is 15.5 Å². The number of aliphatic imine (C=N–C) groups is 1. The molecule has 0 amide bonds. The third kappa shape index (κ3) is 5.66. The normalized spacial score (nSPS) is 15.1. The molecule has 0 unspecified atom stereocenters. The van der Waals surface area contributed by atoms with Crippen molar-refractivity contribution >= 4 is 23.1 Å². The number of guanidine groups is 1. The van der Waals surface area contributed by atoms with Crippen LogP contribution < -0.4 is 15.5 Å². The molecule has 1 fully saturated rings. The zero-order valence-electron chi connectivity index (χ0n) is 16.6. The van der Waals surface area contributed by atoms with Crippen LogP contribution in [0.4, 0.5) is 5.82 Å². The second kappa shape index (κ2) is 9.69. The summed E-state index contributed by atoms with van der Waals surface area (Å²) in [5.41, 5.74) is 2.30. The van der Waals surface area contributed by atoms with Crippen LogP contribution in [-0.2, 0) is 13.1 Å². The van der Waals surface area contributed by atoms with Crippen molar-refractivity contribution in [3.8, 4) is 0 Å². The van der Waals surface area contributed by atoms with Crippen LogP contribution in [0.2, 0.25) is 0 Å². The largest absolute Gasteiger partial charge is 0.357 e. The monoisotopic (exact) mass is 386 g/mol. The molecule has 0 aliphatic carbocycles. The Morgan fingerprint density at radius 3 is 2.74 bits per heavy atom. The Labute approximate surface area is 166 Å². The highest BCUT2D eigenvalue weighted by Crippen LogP contribution is 2.19. The van der Waals surface area contributed by atoms with Gasteiger partial charge in [-0.1, -0.05) is 0 Å². The number of nitrogens with zero attached hydrogens (tertiary/aromatic N) is 4. The van der Waals surface area contributed by atoms with Gasteiger partial charge in [0, 0.05) is 30.7 Å². The fourth-order valence-electron chi connectivity index (χ4n) is 3.14. The number of aryl methyl sites for hydroxylation is 2. The third-order valence-corrected chi connectivity index (χ3v) is 5.81. The van der Waals surface area contributed by atoms with E-state index >= 15 is 0 Å². The van der Waals surface area contributed by atoms with E-state index in [-0.39, 0.29) is 0 Å². The van der Waals surface area contributed by atoms with Crippen LogP contribution in [0.5, 0.6) is 0 Å². The van der Waals surface area contributed by atoms with E-state index in [1.165, 1.54) is 29.7 Å². The van der Waals surface area contributed by atoms with Gasteiger partial charge in [0.25, 0.3) is 0 Å². The summed E-state index contributed by atoms with van der Waals surface area (Å²) in [6.07, 6.45) is 5.75. The van der Waals surface area contributed by atoms with Crippen LogP contribution in [-0.4, -0.2) is 35.6 Å². The molecule has 7 heteroatoms. The van der Waals surface area contributed by atoms with Gasteiger partial charge in [-0.15, -0.1) is 11.3 Å². The lowest BCUT2D eigenvalue weighted by molar-refractivity contribution is 0.573. The van der Waals surface area contributed by atoms with Gasteiger partial charge in [-0.3, -0.25) is 0 Å². The topological polar surface area (TPSA) is 65.4 Å². The Morgan fingerprint density at radius 1 is 1.22 bits per heavy atom. The number of aromatic nitrogens is 2. The predicted octanol–water partition coefficient (Wildman–Crippen LogP) is 3.40. The summed E-state index contributed by atoms with van der Waals surface area (Å²) in [4.78, 5) is 17.5. The molecular weight excluding hydrogens is 356 g/mol. The summed E-state index contributed by atoms with van der Waals surface area (Å²) in [6.45, 7) is 10.6. The van der Waals surface area contributed by atoms with Gasteiger partial charge in [-0.05, 0) is 57.7 Å². The Bertz CT molecular complexity index is 744. The maximum Gasteiger partial charge on any atom is 0.191 e. The molecule has 0 bridgehead atoms. The van der Waals surface area contributed by atoms with E-state index in [4.69, 9.17) is 4.99 Å². The molecule has 0 atom stereocenters. The molecule has 0 saturated carbocycles. The minimum atomic E-state index is 0.634. The van der Waals surface area contributed by atoms with E-state index in [9.17, 15) is 0 Å². The lowest BCUT2D eigenvalue weighted by Crippen LogP contribution is -2.36. The molecule has 6 nitrogen and oxygen atoms in total. The average molecular weight is 387 g/mol. The van der Waals surface area contributed by atoms with E-state index in [0.29, 0.717) is 13.1 Å². The molecule has 2 aromatic rings. The van der Waals surface area contributed by atoms with E-state index < -0.39 is 0 Å². The van der Waals surface area contributed by atoms with Crippen molar-refractivity contribution in [3.05, 3.63) is 39.5 Å². The number of rotatable bonds is 6. The highest BCUT2D eigenvalue weighted by Gasteiger charge is 2.12. The van der Waals surface area contributed by atoms with Crippen LogP contribution in [0.25, 0.3) is 0 Å². The van der Waals surface area contributed by atoms with Crippen molar-refractivity contribution in [3.63, 3.8) is 0 Å². The van der Waals surface area contributed by atoms with Gasteiger partial charge in [0.15, 0.2) is 5.96 Å². The fraction of sp³-hybridized carbons (Fsp3) is 0.550. The van der Waals surface area contributed by atoms with Crippen LogP contribution in [0, 0.1) is 13.8 Å². The summed E-state index contributed by atoms with van der Waals surface area (Å²) < 4.78 is 0. The van der Waals surface area contributed by atoms with Crippen LogP contribution >= 0.6 is 11.3 Å². The zero-order chi connectivity index (χ0) is 19.1. The number of pyridine rings is 1. The highest BCUT2D eigenvalue weighted by molar-refractivity contribution is 7.11. The highest BCUT2D eigenvalue weighted by atomic mass is 32.1. The number of thiazole rings is 1. The number of hydrogen-bond acceptors (Lipinski definition) is 5. The maximum atomic E-state index is 4.74. The molecule has 1 saturated heterocycles. The Balaban J connectivity index is 1.62. The first kappa shape index (κ1) is 19.6. The number of nitrogens with one attached hydrogen (secondary N) is 2. The first-order valence-corrected chi connectivity index (χ1v) is 10.6. The zero-order valence-corrected chi connectivity index (χ0v) is 17.4. The summed E-state index contributed by atoms with van der Waals surface area (Å²) >= 11 is 1.74. The van der Waals surface area contributed by atoms with Crippen molar-refractivity contribution in [2.75, 3.05) is 24.5 Å². The van der Waals surface area contributed by atoms with Gasteiger partial charge in [-0.25, -0.2) is 15.0 Å². The van der Waals surface area contributed by atoms with Crippen molar-refractivity contribution in [2.24, 2.45) is 4.99 Å². The summed E-state index contributed by atoms with van der Waals surface area (Å²) in [5.74, 6) is 1.90. The molecule has 27 heavy (non-hydrogen) atoms. The van der Waals surface area contributed by atoms with Gasteiger partial charge in [0.1, 0.15) is 10.8 Å². The van der Waals surface area contributed by atoms with Crippen molar-refractivity contribution in [2.45, 2.75) is 53.1 Å². The number of hydrogen-bond donors (Lipinski definition) is 2. The second-order valence-corrected chi connectivity index (χ2v) is 8.16. The quantitative estimate of drug-likeness (QED) is 0.588. The van der Waals surface area contributed by atoms with E-state index in [1.807, 2.05) is 12.3 Å². The second-order valence-electron chi connectivity index (χ2n) is 6.87. The lowest BCUT2D eigenvalue weighted by atomic mass is 10.1. The minimum absolute atomic E-state index is 0.634. The predicted molar refractivity (Wildman–Crippen MR) is 114 cm³/mol. The average Bonchev–Trinajstić information content (AvgIpc) is 3.02. The van der Waals surface area contributed by atoms with Crippen molar-refractivity contribution < 1.29 is 0 Å². The molecule has 1 aliphatic rings. The van der Waals surface area contributed by atoms with Gasteiger partial charge in [0.2, 0.25) is 0 Å². The Hall–Kier alpha value is -2.15. The molecule has 0 radical (unpaired) electrons. The van der Waals surface area contributed by atoms with Crippen molar-refractivity contribution in [1.29, 1.82) is 0 Å². The van der Waals surface area contributed by atoms with Crippen LogP contribution in [0.15, 0.2) is 23.3 Å². The van der Waals surface area contributed by atoms with Gasteiger partial charge >= 0.3 is 0 Å². The first-order valence-electron chi connectivity index (χ1n) is 9.80. The smallest absolute Gasteiger partial charge is 0.191 e. The third-order valence-electron chi connectivity index (χ3n) is 4.73. The molecule has 0 aromatic carbocycles. The van der Waals surface area contributed by atoms with E-state index in [0.717, 1.165) is 42.1 Å². The lowest BCUT2D eigenvalue weighted by Gasteiger charge is -2.27. The summed E-state index contributed by atoms with van der Waals surface area (Å²) in [6, 6.07) is 4.22. The molecule has 2 N–H and O–H groups in total. The fourth-order valence-corrected chi connectivity index (χ4v) is 4.01. The molecular formula is C20H30N6S. The number of anilines is 1. The molecule has 146 valence electrons. The molecule has 2 aromatic heterocycles. The minimum Gasteiger partial charge on any atom is -0.357 e. The molecule has 3 heterocycles. The maximum absolute atomic E-state index is 4.74. The standard InChI is InChI=1S/C20H30N6S/c1-4-21-20(24-14-19-25-15(2)16(3)27-19)23-13-17-8-9-22-18(12-17)26-10-6-5-7-11-26/h8-9,12H,4-7,10-11,13-14H2,1-3H3,(H2,21,23,24). The molecule has 1 aliphatic heterocycles. The van der Waals surface area contributed by atoms with Crippen molar-refractivity contribution in [1.82, 2.24) is 20.6 Å². The summed E-state index contributed by atoms with van der Waals surface area (Å²) in [5, 5.41) is 7.79. The van der Waals surface area contributed by atoms with Gasteiger partial charge in [-0.2, -0.15) is 0 Å². The first-order chi connectivity index (χ1) is 13.2. The SMILES string of the molecule is CCNC(=NCc1ccnc(N2CCCCC2)c1)NCc1nc(C)c(C)s1. The Morgan fingerprint density at radius 2 is 2.04 bits per heavy atom. The van der Waals surface area contributed by atoms with E-state index in [2.05, 4.69) is 52.3 Å². The Kier molecular flexibility index (Phi) is 7.04. The van der Waals surface area contributed by atoms with Crippen LogP contribution in [0.3, 0.4) is 0 Å². The summed E-state index contributed by atoms with van der Waals surface area (Å²) in [7, 11) is 0. The van der Waals surface area contributed by atoms with Gasteiger partial charge in [0.05, 0.1) is 18.8 Å². The molecule has 3 rings (SSSR count). The molecule has 0 spiro atoms. The van der Waals surface area contributed by atoms with E-state index in [1.54, 1.807) is 11.3 Å².